The SMILES string of the molecule is N#Cc1ccccc1-c1ccc2c(c1)OCC[C@H]2CCc1cnccc1C(=O)O. The molecule has 2 aromatic carbocycles. The molecule has 1 aliphatic heterocycles. The third-order valence-corrected chi connectivity index (χ3v) is 5.43. The second-order valence-corrected chi connectivity index (χ2v) is 7.12. The minimum absolute atomic E-state index is 0.292. The number of carboxylic acids is 1. The number of pyridine rings is 1. The zero-order chi connectivity index (χ0) is 20.2. The molecule has 0 spiro atoms. The largest absolute Gasteiger partial charge is 0.493 e. The van der Waals surface area contributed by atoms with Gasteiger partial charge in [-0.1, -0.05) is 30.3 Å². The van der Waals surface area contributed by atoms with Gasteiger partial charge < -0.3 is 9.84 Å². The molecule has 0 saturated heterocycles. The fraction of sp³-hybridized carbons (Fsp3) is 0.208. The molecule has 144 valence electrons. The summed E-state index contributed by atoms with van der Waals surface area (Å²) in [5, 5.41) is 18.7. The van der Waals surface area contributed by atoms with E-state index in [-0.39, 0.29) is 0 Å². The zero-order valence-corrected chi connectivity index (χ0v) is 15.8. The molecule has 0 amide bonds. The van der Waals surface area contributed by atoms with Crippen LogP contribution in [0, 0.1) is 11.3 Å². The van der Waals surface area contributed by atoms with Crippen molar-refractivity contribution in [2.24, 2.45) is 0 Å². The van der Waals surface area contributed by atoms with Crippen molar-refractivity contribution in [1.29, 1.82) is 5.26 Å². The average molecular weight is 384 g/mol. The number of carboxylic acid groups (broad SMARTS) is 1. The monoisotopic (exact) mass is 384 g/mol. The van der Waals surface area contributed by atoms with Crippen LogP contribution in [0.25, 0.3) is 11.1 Å². The molecule has 2 heterocycles. The van der Waals surface area contributed by atoms with Gasteiger partial charge in [-0.15, -0.1) is 0 Å². The molecule has 5 nitrogen and oxygen atoms in total. The number of rotatable bonds is 5. The van der Waals surface area contributed by atoms with E-state index in [4.69, 9.17) is 4.74 Å². The van der Waals surface area contributed by atoms with Crippen LogP contribution in [-0.4, -0.2) is 22.7 Å². The molecule has 0 aliphatic carbocycles. The normalized spacial score (nSPS) is 15.1. The Morgan fingerprint density at radius 3 is 2.93 bits per heavy atom. The van der Waals surface area contributed by atoms with Crippen LogP contribution < -0.4 is 4.74 Å². The van der Waals surface area contributed by atoms with Crippen molar-refractivity contribution in [2.45, 2.75) is 25.2 Å². The van der Waals surface area contributed by atoms with Gasteiger partial charge in [0, 0.05) is 12.4 Å². The number of ether oxygens (including phenoxy) is 1. The van der Waals surface area contributed by atoms with Gasteiger partial charge in [-0.05, 0) is 65.6 Å². The number of benzene rings is 2. The van der Waals surface area contributed by atoms with Gasteiger partial charge in [0.25, 0.3) is 0 Å². The second-order valence-electron chi connectivity index (χ2n) is 7.12. The second kappa shape index (κ2) is 8.15. The lowest BCUT2D eigenvalue weighted by Crippen LogP contribution is -2.15. The highest BCUT2D eigenvalue weighted by Crippen LogP contribution is 2.39. The Bertz CT molecular complexity index is 1100. The molecule has 4 rings (SSSR count). The van der Waals surface area contributed by atoms with Crippen molar-refractivity contribution in [3.8, 4) is 22.9 Å². The Morgan fingerprint density at radius 1 is 1.24 bits per heavy atom. The number of hydrogen-bond acceptors (Lipinski definition) is 4. The molecule has 0 radical (unpaired) electrons. The lowest BCUT2D eigenvalue weighted by atomic mass is 9.86. The fourth-order valence-electron chi connectivity index (χ4n) is 3.93. The maximum atomic E-state index is 11.4. The molecule has 0 bridgehead atoms. The molecule has 0 saturated carbocycles. The number of aryl methyl sites for hydroxylation is 1. The topological polar surface area (TPSA) is 83.2 Å². The summed E-state index contributed by atoms with van der Waals surface area (Å²) >= 11 is 0. The van der Waals surface area contributed by atoms with Gasteiger partial charge in [0.15, 0.2) is 0 Å². The number of aromatic carboxylic acids is 1. The van der Waals surface area contributed by atoms with Crippen molar-refractivity contribution < 1.29 is 14.6 Å². The molecule has 1 aromatic heterocycles. The van der Waals surface area contributed by atoms with Crippen LogP contribution >= 0.6 is 0 Å². The van der Waals surface area contributed by atoms with Crippen LogP contribution in [-0.2, 0) is 6.42 Å². The van der Waals surface area contributed by atoms with Crippen LogP contribution in [0.1, 0.15) is 45.8 Å². The standard InChI is InChI=1S/C24H20N2O3/c25-14-18-3-1-2-4-20(18)17-7-8-21-16(10-12-29-23(21)13-17)5-6-19-15-26-11-9-22(19)24(27)28/h1-4,7-9,11,13,15-16H,5-6,10,12H2,(H,27,28)/t16-/m1/s1. The fourth-order valence-corrected chi connectivity index (χ4v) is 3.93. The van der Waals surface area contributed by atoms with Gasteiger partial charge >= 0.3 is 5.97 Å². The van der Waals surface area contributed by atoms with Crippen LogP contribution in [0.3, 0.4) is 0 Å². The molecular formula is C24H20N2O3. The summed E-state index contributed by atoms with van der Waals surface area (Å²) in [6.45, 7) is 0.625. The highest BCUT2D eigenvalue weighted by Gasteiger charge is 2.23. The number of nitriles is 1. The zero-order valence-electron chi connectivity index (χ0n) is 15.8. The predicted molar refractivity (Wildman–Crippen MR) is 109 cm³/mol. The molecule has 1 N–H and O–H groups in total. The van der Waals surface area contributed by atoms with E-state index in [2.05, 4.69) is 17.1 Å². The molecule has 5 heteroatoms. The predicted octanol–water partition coefficient (Wildman–Crippen LogP) is 4.82. The van der Waals surface area contributed by atoms with E-state index in [9.17, 15) is 15.2 Å². The van der Waals surface area contributed by atoms with Crippen LogP contribution in [0.15, 0.2) is 60.9 Å². The first kappa shape index (κ1) is 18.7. The van der Waals surface area contributed by atoms with E-state index in [0.29, 0.717) is 30.1 Å². The molecular weight excluding hydrogens is 364 g/mol. The van der Waals surface area contributed by atoms with Gasteiger partial charge in [-0.25, -0.2) is 4.79 Å². The van der Waals surface area contributed by atoms with Gasteiger partial charge in [0.2, 0.25) is 0 Å². The maximum absolute atomic E-state index is 11.4. The van der Waals surface area contributed by atoms with E-state index in [1.54, 1.807) is 12.3 Å². The van der Waals surface area contributed by atoms with Gasteiger partial charge in [-0.3, -0.25) is 4.98 Å². The molecule has 1 aliphatic rings. The third-order valence-electron chi connectivity index (χ3n) is 5.43. The summed E-state index contributed by atoms with van der Waals surface area (Å²) in [6.07, 6.45) is 5.53. The molecule has 1 atom stereocenters. The molecule has 29 heavy (non-hydrogen) atoms. The number of nitrogens with zero attached hydrogens (tertiary/aromatic N) is 2. The van der Waals surface area contributed by atoms with E-state index >= 15 is 0 Å². The molecule has 0 fully saturated rings. The lowest BCUT2D eigenvalue weighted by molar-refractivity contribution is 0.0695. The summed E-state index contributed by atoms with van der Waals surface area (Å²) in [5.41, 5.74) is 4.70. The number of aromatic nitrogens is 1. The highest BCUT2D eigenvalue weighted by molar-refractivity contribution is 5.89. The Balaban J connectivity index is 1.58. The van der Waals surface area contributed by atoms with Gasteiger partial charge in [0.05, 0.1) is 23.8 Å². The summed E-state index contributed by atoms with van der Waals surface area (Å²) in [5.74, 6) is 0.215. The summed E-state index contributed by atoms with van der Waals surface area (Å²) in [4.78, 5) is 15.5. The van der Waals surface area contributed by atoms with Crippen molar-refractivity contribution >= 4 is 5.97 Å². The minimum atomic E-state index is -0.921. The minimum Gasteiger partial charge on any atom is -0.493 e. The quantitative estimate of drug-likeness (QED) is 0.682. The number of hydrogen-bond donors (Lipinski definition) is 1. The van der Waals surface area contributed by atoms with Crippen LogP contribution in [0.4, 0.5) is 0 Å². The Labute approximate surface area is 169 Å². The van der Waals surface area contributed by atoms with Crippen molar-refractivity contribution in [3.05, 3.63) is 83.2 Å². The first-order valence-electron chi connectivity index (χ1n) is 9.60. The Morgan fingerprint density at radius 2 is 2.10 bits per heavy atom. The smallest absolute Gasteiger partial charge is 0.336 e. The van der Waals surface area contributed by atoms with Crippen molar-refractivity contribution in [1.82, 2.24) is 4.98 Å². The Kier molecular flexibility index (Phi) is 5.26. The summed E-state index contributed by atoms with van der Waals surface area (Å²) in [7, 11) is 0. The third kappa shape index (κ3) is 3.83. The first-order valence-corrected chi connectivity index (χ1v) is 9.60. The van der Waals surface area contributed by atoms with Crippen molar-refractivity contribution in [2.75, 3.05) is 6.61 Å². The molecule has 3 aromatic rings. The van der Waals surface area contributed by atoms with E-state index in [0.717, 1.165) is 40.8 Å². The molecule has 0 unspecified atom stereocenters. The van der Waals surface area contributed by atoms with E-state index < -0.39 is 5.97 Å². The average Bonchev–Trinajstić information content (AvgIpc) is 2.77. The van der Waals surface area contributed by atoms with E-state index in [1.165, 1.54) is 6.20 Å². The Hall–Kier alpha value is -3.65. The van der Waals surface area contributed by atoms with Crippen LogP contribution in [0.5, 0.6) is 5.75 Å². The lowest BCUT2D eigenvalue weighted by Gasteiger charge is -2.26. The van der Waals surface area contributed by atoms with E-state index in [1.807, 2.05) is 36.4 Å². The van der Waals surface area contributed by atoms with Crippen molar-refractivity contribution in [3.63, 3.8) is 0 Å². The maximum Gasteiger partial charge on any atom is 0.336 e. The van der Waals surface area contributed by atoms with Gasteiger partial charge in [-0.2, -0.15) is 5.26 Å². The van der Waals surface area contributed by atoms with Gasteiger partial charge in [0.1, 0.15) is 5.75 Å². The highest BCUT2D eigenvalue weighted by atomic mass is 16.5. The summed E-state index contributed by atoms with van der Waals surface area (Å²) in [6, 6.07) is 17.4. The number of fused-ring (bicyclic) bond motifs is 1. The first-order chi connectivity index (χ1) is 14.2. The summed E-state index contributed by atoms with van der Waals surface area (Å²) < 4.78 is 5.91. The van der Waals surface area contributed by atoms with Crippen LogP contribution in [0.2, 0.25) is 0 Å². The number of carbonyl (C=O) groups is 1.